The maximum Gasteiger partial charge on any atom is 0.375 e. The van der Waals surface area contributed by atoms with Gasteiger partial charge in [0, 0.05) is 29.6 Å². The number of fused-ring (bicyclic) bond motifs is 3. The van der Waals surface area contributed by atoms with E-state index < -0.39 is 11.5 Å². The van der Waals surface area contributed by atoms with E-state index in [1.54, 1.807) is 17.5 Å². The van der Waals surface area contributed by atoms with Gasteiger partial charge in [-0.1, -0.05) is 49.3 Å². The third-order valence-electron chi connectivity index (χ3n) is 9.67. The Kier molecular flexibility index (Phi) is 10.8. The summed E-state index contributed by atoms with van der Waals surface area (Å²) in [5, 5.41) is 5.80. The summed E-state index contributed by atoms with van der Waals surface area (Å²) in [5.41, 5.74) is 4.35. The zero-order chi connectivity index (χ0) is 33.6. The molecule has 47 heavy (non-hydrogen) atoms. The first kappa shape index (κ1) is 34.3. The molecule has 0 bridgehead atoms. The number of Topliss-reactive ketones (excluding diaryl/α,β-unsaturated/α-hetero) is 2. The first-order valence-corrected chi connectivity index (χ1v) is 17.1. The fraction of sp³-hybridized carbons (Fsp3) is 0.432. The van der Waals surface area contributed by atoms with Crippen LogP contribution in [0.2, 0.25) is 0 Å². The first-order valence-electron chi connectivity index (χ1n) is 16.2. The highest BCUT2D eigenvalue weighted by atomic mass is 32.1. The third-order valence-corrected chi connectivity index (χ3v) is 10.5. The van der Waals surface area contributed by atoms with E-state index in [0.29, 0.717) is 55.1 Å². The molecule has 3 aromatic rings. The van der Waals surface area contributed by atoms with Crippen molar-refractivity contribution in [2.75, 3.05) is 32.8 Å². The normalized spacial score (nSPS) is 15.8. The number of thiophene rings is 1. The summed E-state index contributed by atoms with van der Waals surface area (Å²) in [5.74, 6) is -0.938. The molecule has 1 aliphatic heterocycles. The summed E-state index contributed by atoms with van der Waals surface area (Å²) < 4.78 is 5.52. The first-order chi connectivity index (χ1) is 22.7. The number of oxime groups is 1. The maximum absolute atomic E-state index is 14.0. The lowest BCUT2D eigenvalue weighted by molar-refractivity contribution is -0.00430. The molecular weight excluding hydrogens is 614 g/mol. The summed E-state index contributed by atoms with van der Waals surface area (Å²) in [6.45, 7) is 11.2. The minimum absolute atomic E-state index is 0.0439. The Labute approximate surface area is 279 Å². The van der Waals surface area contributed by atoms with Crippen LogP contribution in [0.4, 0.5) is 0 Å². The number of carbonyl (C=O) groups excluding carboxylic acids is 4. The molecule has 0 radical (unpaired) electrons. The van der Waals surface area contributed by atoms with Crippen LogP contribution in [0.5, 0.6) is 0 Å². The number of unbranched alkanes of at least 4 members (excludes halogenated alkanes) is 1. The Balaban J connectivity index is 1.50. The molecule has 0 amide bonds. The Morgan fingerprint density at radius 1 is 0.979 bits per heavy atom. The van der Waals surface area contributed by atoms with Gasteiger partial charge in [0.15, 0.2) is 5.78 Å². The monoisotopic (exact) mass is 655 g/mol. The van der Waals surface area contributed by atoms with Crippen molar-refractivity contribution in [3.63, 3.8) is 0 Å². The van der Waals surface area contributed by atoms with E-state index in [2.05, 4.69) is 35.0 Å². The average Bonchev–Trinajstić information content (AvgIpc) is 3.74. The number of nitrogens with zero attached hydrogens (tertiary/aromatic N) is 3. The molecule has 1 aromatic heterocycles. The summed E-state index contributed by atoms with van der Waals surface area (Å²) in [7, 11) is 0. The van der Waals surface area contributed by atoms with Crippen LogP contribution in [0.25, 0.3) is 11.1 Å². The quantitative estimate of drug-likeness (QED) is 0.0457. The largest absolute Gasteiger partial charge is 0.379 e. The van der Waals surface area contributed by atoms with Gasteiger partial charge in [0.2, 0.25) is 11.9 Å². The Hall–Kier alpha value is -4.08. The summed E-state index contributed by atoms with van der Waals surface area (Å²) in [6, 6.07) is 15.1. The Morgan fingerprint density at radius 3 is 2.26 bits per heavy atom. The van der Waals surface area contributed by atoms with E-state index in [9.17, 15) is 19.2 Å². The standard InChI is InChI=1S/C37H41N3O6S/c1-5-37(6-2)29-14-12-25(33(42)31(10-7-8-16-38-24-41)39-46-35(44)32-11-9-21-47-32)22-27(29)28-23-26(13-15-30(28)37)34(43)36(3,4)40-17-19-45-20-18-40/h9,11-15,21-23H,5-8,10,16-20H2,1-4H3/b39-31+. The molecule has 2 aliphatic rings. The Morgan fingerprint density at radius 2 is 1.64 bits per heavy atom. The van der Waals surface area contributed by atoms with Crippen LogP contribution in [0, 0.1) is 0 Å². The van der Waals surface area contributed by atoms with Crippen LogP contribution >= 0.6 is 11.3 Å². The van der Waals surface area contributed by atoms with Gasteiger partial charge in [-0.15, -0.1) is 11.3 Å². The van der Waals surface area contributed by atoms with Gasteiger partial charge >= 0.3 is 5.97 Å². The number of morpholine rings is 1. The molecule has 0 spiro atoms. The van der Waals surface area contributed by atoms with Gasteiger partial charge in [-0.2, -0.15) is 0 Å². The van der Waals surface area contributed by atoms with Crippen molar-refractivity contribution in [1.82, 2.24) is 4.90 Å². The number of aliphatic imine (C=N–C) groups is 1. The van der Waals surface area contributed by atoms with Crippen molar-refractivity contribution < 1.29 is 28.8 Å². The molecule has 2 aromatic carbocycles. The highest BCUT2D eigenvalue weighted by molar-refractivity contribution is 7.11. The maximum atomic E-state index is 14.0. The number of carbonyl (C=O) groups is 3. The summed E-state index contributed by atoms with van der Waals surface area (Å²) in [6.07, 6.45) is 4.54. The predicted molar refractivity (Wildman–Crippen MR) is 182 cm³/mol. The lowest BCUT2D eigenvalue weighted by Gasteiger charge is -2.39. The summed E-state index contributed by atoms with van der Waals surface area (Å²) in [4.78, 5) is 62.4. The van der Waals surface area contributed by atoms with E-state index in [4.69, 9.17) is 9.57 Å². The van der Waals surface area contributed by atoms with E-state index in [-0.39, 0.29) is 35.7 Å². The minimum Gasteiger partial charge on any atom is -0.379 e. The zero-order valence-corrected chi connectivity index (χ0v) is 28.3. The van der Waals surface area contributed by atoms with Gasteiger partial charge in [0.25, 0.3) is 0 Å². The van der Waals surface area contributed by atoms with E-state index in [0.717, 1.165) is 35.1 Å². The van der Waals surface area contributed by atoms with Gasteiger partial charge < -0.3 is 9.57 Å². The number of rotatable bonds is 14. The van der Waals surface area contributed by atoms with Crippen molar-refractivity contribution >= 4 is 40.7 Å². The van der Waals surface area contributed by atoms with Crippen LogP contribution in [0.15, 0.2) is 64.1 Å². The second-order valence-electron chi connectivity index (χ2n) is 12.5. The van der Waals surface area contributed by atoms with Crippen LogP contribution in [0.1, 0.15) is 101 Å². The van der Waals surface area contributed by atoms with Crippen LogP contribution in [-0.4, -0.2) is 72.6 Å². The topological polar surface area (TPSA) is 115 Å². The smallest absolute Gasteiger partial charge is 0.375 e. The molecule has 9 nitrogen and oxygen atoms in total. The molecule has 1 saturated heterocycles. The van der Waals surface area contributed by atoms with Crippen molar-refractivity contribution in [3.05, 3.63) is 81.0 Å². The molecular formula is C37H41N3O6S. The number of hydrogen-bond donors (Lipinski definition) is 0. The highest BCUT2D eigenvalue weighted by Gasteiger charge is 2.42. The van der Waals surface area contributed by atoms with Gasteiger partial charge in [-0.05, 0) is 91.8 Å². The molecule has 246 valence electrons. The molecule has 1 fully saturated rings. The Bertz CT molecular complexity index is 1710. The fourth-order valence-corrected chi connectivity index (χ4v) is 7.45. The highest BCUT2D eigenvalue weighted by Crippen LogP contribution is 2.53. The minimum atomic E-state index is -0.702. The molecule has 2 heterocycles. The van der Waals surface area contributed by atoms with Crippen molar-refractivity contribution in [3.8, 4) is 11.1 Å². The fourth-order valence-electron chi connectivity index (χ4n) is 6.86. The van der Waals surface area contributed by atoms with Gasteiger partial charge in [0.05, 0.1) is 25.3 Å². The van der Waals surface area contributed by atoms with Crippen molar-refractivity contribution in [2.45, 2.75) is 70.8 Å². The van der Waals surface area contributed by atoms with Gasteiger partial charge in [-0.3, -0.25) is 14.5 Å². The number of hydrogen-bond acceptors (Lipinski definition) is 10. The summed E-state index contributed by atoms with van der Waals surface area (Å²) >= 11 is 1.23. The van der Waals surface area contributed by atoms with E-state index >= 15 is 0 Å². The molecule has 5 rings (SSSR count). The lowest BCUT2D eigenvalue weighted by Crippen LogP contribution is -2.54. The van der Waals surface area contributed by atoms with Crippen LogP contribution in [0.3, 0.4) is 0 Å². The molecule has 0 atom stereocenters. The number of benzene rings is 2. The van der Waals surface area contributed by atoms with Crippen molar-refractivity contribution in [2.24, 2.45) is 10.1 Å². The predicted octanol–water partition coefficient (Wildman–Crippen LogP) is 7.03. The molecule has 0 saturated carbocycles. The number of isocyanates is 1. The molecule has 10 heteroatoms. The number of ketones is 2. The molecule has 0 unspecified atom stereocenters. The van der Waals surface area contributed by atoms with Crippen LogP contribution in [-0.2, 0) is 19.8 Å². The van der Waals surface area contributed by atoms with Gasteiger partial charge in [0.1, 0.15) is 10.6 Å². The van der Waals surface area contributed by atoms with E-state index in [1.165, 1.54) is 17.4 Å². The molecule has 1 aliphatic carbocycles. The van der Waals surface area contributed by atoms with Crippen LogP contribution < -0.4 is 0 Å². The molecule has 0 N–H and O–H groups in total. The number of ether oxygens (including phenoxy) is 1. The zero-order valence-electron chi connectivity index (χ0n) is 27.5. The second-order valence-corrected chi connectivity index (χ2v) is 13.4. The van der Waals surface area contributed by atoms with Gasteiger partial charge in [-0.25, -0.2) is 14.6 Å². The SMILES string of the molecule is CCC1(CC)c2ccc(C(=O)/C(CCCCN=C=O)=N/OC(=O)c3cccs3)cc2-c2cc(C(=O)C(C)(C)N3CCOCC3)ccc21. The van der Waals surface area contributed by atoms with Crippen molar-refractivity contribution in [1.29, 1.82) is 0 Å². The average molecular weight is 656 g/mol. The lowest BCUT2D eigenvalue weighted by atomic mass is 9.73. The second kappa shape index (κ2) is 14.8. The third kappa shape index (κ3) is 6.83. The van der Waals surface area contributed by atoms with E-state index in [1.807, 2.05) is 44.2 Å².